The van der Waals surface area contributed by atoms with Crippen LogP contribution in [0.3, 0.4) is 0 Å². The molecule has 1 aliphatic heterocycles. The highest BCUT2D eigenvalue weighted by molar-refractivity contribution is 7.15. The van der Waals surface area contributed by atoms with Crippen molar-refractivity contribution in [3.05, 3.63) is 10.6 Å². The Balaban J connectivity index is 2.18. The Morgan fingerprint density at radius 1 is 1.58 bits per heavy atom. The van der Waals surface area contributed by atoms with Crippen molar-refractivity contribution in [2.24, 2.45) is 0 Å². The van der Waals surface area contributed by atoms with Crippen LogP contribution >= 0.6 is 11.3 Å². The van der Waals surface area contributed by atoms with Gasteiger partial charge in [0.15, 0.2) is 10.8 Å². The molecule has 19 heavy (non-hydrogen) atoms. The van der Waals surface area contributed by atoms with Crippen molar-refractivity contribution >= 4 is 28.3 Å². The zero-order chi connectivity index (χ0) is 13.8. The number of hydrogen-bond acceptors (Lipinski definition) is 6. The van der Waals surface area contributed by atoms with Crippen LogP contribution in [0.2, 0.25) is 0 Å². The number of ether oxygens (including phenoxy) is 1. The number of hydrogen-bond donors (Lipinski definition) is 1. The van der Waals surface area contributed by atoms with Gasteiger partial charge in [0.05, 0.1) is 13.2 Å². The summed E-state index contributed by atoms with van der Waals surface area (Å²) in [4.78, 5) is 30.3. The fourth-order valence-electron chi connectivity index (χ4n) is 1.88. The second kappa shape index (κ2) is 6.01. The first-order valence-electron chi connectivity index (χ1n) is 6.28. The molecule has 0 unspecified atom stereocenters. The van der Waals surface area contributed by atoms with Crippen LogP contribution in [0.25, 0.3) is 0 Å². The fraction of sp³-hybridized carbons (Fsp3) is 0.583. The first-order chi connectivity index (χ1) is 9.11. The molecule has 0 radical (unpaired) electrons. The molecule has 1 aromatic heterocycles. The van der Waals surface area contributed by atoms with E-state index in [1.54, 1.807) is 6.92 Å². The number of carbonyl (C=O) groups is 2. The first-order valence-corrected chi connectivity index (χ1v) is 7.09. The Morgan fingerprint density at radius 3 is 3.11 bits per heavy atom. The van der Waals surface area contributed by atoms with Crippen LogP contribution in [0.4, 0.5) is 5.13 Å². The van der Waals surface area contributed by atoms with E-state index in [1.807, 2.05) is 11.8 Å². The maximum absolute atomic E-state index is 11.7. The van der Waals surface area contributed by atoms with E-state index in [0.717, 1.165) is 17.8 Å². The molecule has 2 heterocycles. The molecular weight excluding hydrogens is 266 g/mol. The van der Waals surface area contributed by atoms with Crippen LogP contribution in [0.5, 0.6) is 0 Å². The molecule has 1 N–H and O–H groups in total. The van der Waals surface area contributed by atoms with Crippen LogP contribution in [-0.2, 0) is 9.53 Å². The zero-order valence-corrected chi connectivity index (χ0v) is 11.9. The number of aromatic nitrogens is 1. The molecule has 0 spiro atoms. The molecule has 1 saturated heterocycles. The minimum atomic E-state index is -0.401. The summed E-state index contributed by atoms with van der Waals surface area (Å²) in [5.74, 6) is -0.412. The molecule has 2 rings (SSSR count). The van der Waals surface area contributed by atoms with Crippen LogP contribution < -0.4 is 10.2 Å². The second-order valence-corrected chi connectivity index (χ2v) is 5.43. The van der Waals surface area contributed by atoms with E-state index in [0.29, 0.717) is 24.0 Å². The van der Waals surface area contributed by atoms with Crippen LogP contribution in [0, 0.1) is 6.92 Å². The quantitative estimate of drug-likeness (QED) is 0.836. The van der Waals surface area contributed by atoms with Crippen LogP contribution in [0.1, 0.15) is 28.7 Å². The van der Waals surface area contributed by atoms with Gasteiger partial charge in [-0.2, -0.15) is 0 Å². The molecule has 0 bridgehead atoms. The lowest BCUT2D eigenvalue weighted by molar-refractivity contribution is -0.119. The van der Waals surface area contributed by atoms with Crippen molar-refractivity contribution in [1.82, 2.24) is 10.3 Å². The van der Waals surface area contributed by atoms with Gasteiger partial charge in [-0.15, -0.1) is 11.3 Å². The maximum Gasteiger partial charge on any atom is 0.358 e. The topological polar surface area (TPSA) is 71.5 Å². The normalized spacial score (nSPS) is 15.9. The third kappa shape index (κ3) is 3.23. The summed E-state index contributed by atoms with van der Waals surface area (Å²) in [7, 11) is 0. The second-order valence-electron chi connectivity index (χ2n) is 4.25. The third-order valence-electron chi connectivity index (χ3n) is 2.79. The van der Waals surface area contributed by atoms with E-state index >= 15 is 0 Å². The number of aryl methyl sites for hydroxylation is 1. The van der Waals surface area contributed by atoms with E-state index in [2.05, 4.69) is 10.3 Å². The highest BCUT2D eigenvalue weighted by atomic mass is 32.1. The molecule has 1 aliphatic rings. The highest BCUT2D eigenvalue weighted by Gasteiger charge is 2.22. The van der Waals surface area contributed by atoms with Crippen molar-refractivity contribution in [2.45, 2.75) is 20.3 Å². The summed E-state index contributed by atoms with van der Waals surface area (Å²) in [6.45, 7) is 5.66. The van der Waals surface area contributed by atoms with Gasteiger partial charge in [-0.05, 0) is 20.3 Å². The lowest BCUT2D eigenvalue weighted by atomic mass is 10.4. The Kier molecular flexibility index (Phi) is 4.36. The lowest BCUT2D eigenvalue weighted by Gasteiger charge is -2.16. The van der Waals surface area contributed by atoms with Gasteiger partial charge in [0, 0.05) is 18.0 Å². The van der Waals surface area contributed by atoms with Crippen molar-refractivity contribution in [3.8, 4) is 0 Å². The van der Waals surface area contributed by atoms with E-state index in [1.165, 1.54) is 11.3 Å². The summed E-state index contributed by atoms with van der Waals surface area (Å²) in [5, 5.41) is 3.52. The molecule has 104 valence electrons. The SMILES string of the molecule is CCOC(=O)c1nc(N2CCCNC(=O)C2)sc1C. The summed E-state index contributed by atoms with van der Waals surface area (Å²) in [6, 6.07) is 0. The predicted octanol–water partition coefficient (Wildman–Crippen LogP) is 0.955. The lowest BCUT2D eigenvalue weighted by Crippen LogP contribution is -2.33. The molecule has 0 atom stereocenters. The van der Waals surface area contributed by atoms with Crippen molar-refractivity contribution in [1.29, 1.82) is 0 Å². The van der Waals surface area contributed by atoms with Gasteiger partial charge in [-0.25, -0.2) is 9.78 Å². The van der Waals surface area contributed by atoms with Gasteiger partial charge >= 0.3 is 5.97 Å². The largest absolute Gasteiger partial charge is 0.461 e. The Morgan fingerprint density at radius 2 is 2.37 bits per heavy atom. The fourth-order valence-corrected chi connectivity index (χ4v) is 2.80. The summed E-state index contributed by atoms with van der Waals surface area (Å²) in [6.07, 6.45) is 0.874. The predicted molar refractivity (Wildman–Crippen MR) is 72.6 cm³/mol. The minimum Gasteiger partial charge on any atom is -0.461 e. The third-order valence-corrected chi connectivity index (χ3v) is 3.82. The van der Waals surface area contributed by atoms with Gasteiger partial charge in [0.2, 0.25) is 5.91 Å². The minimum absolute atomic E-state index is 0.0111. The summed E-state index contributed by atoms with van der Waals surface area (Å²) >= 11 is 1.42. The summed E-state index contributed by atoms with van der Waals surface area (Å²) < 4.78 is 4.96. The van der Waals surface area contributed by atoms with Gasteiger partial charge in [-0.1, -0.05) is 0 Å². The smallest absolute Gasteiger partial charge is 0.358 e. The van der Waals surface area contributed by atoms with E-state index in [9.17, 15) is 9.59 Å². The molecule has 6 nitrogen and oxygen atoms in total. The zero-order valence-electron chi connectivity index (χ0n) is 11.1. The molecule has 1 amide bonds. The van der Waals surface area contributed by atoms with Crippen LogP contribution in [0.15, 0.2) is 0 Å². The number of esters is 1. The van der Waals surface area contributed by atoms with E-state index in [-0.39, 0.29) is 12.5 Å². The van der Waals surface area contributed by atoms with Gasteiger partial charge < -0.3 is 15.0 Å². The molecule has 7 heteroatoms. The van der Waals surface area contributed by atoms with Gasteiger partial charge in [0.25, 0.3) is 0 Å². The Bertz CT molecular complexity index is 487. The summed E-state index contributed by atoms with van der Waals surface area (Å²) in [5.41, 5.74) is 0.353. The average Bonchev–Trinajstić information content (AvgIpc) is 2.62. The number of carbonyl (C=O) groups excluding carboxylic acids is 2. The monoisotopic (exact) mass is 283 g/mol. The van der Waals surface area contributed by atoms with Crippen molar-refractivity contribution < 1.29 is 14.3 Å². The molecule has 1 aromatic rings. The van der Waals surface area contributed by atoms with Crippen LogP contribution in [-0.4, -0.2) is 43.1 Å². The van der Waals surface area contributed by atoms with E-state index in [4.69, 9.17) is 4.74 Å². The molecular formula is C12H17N3O3S. The molecule has 1 fully saturated rings. The molecule has 0 aliphatic carbocycles. The number of anilines is 1. The average molecular weight is 283 g/mol. The van der Waals surface area contributed by atoms with Gasteiger partial charge in [0.1, 0.15) is 0 Å². The number of amides is 1. The number of rotatable bonds is 3. The standard InChI is InChI=1S/C12H17N3O3S/c1-3-18-11(17)10-8(2)19-12(14-10)15-6-4-5-13-9(16)7-15/h3-7H2,1-2H3,(H,13,16). The maximum atomic E-state index is 11.7. The number of thiazole rings is 1. The highest BCUT2D eigenvalue weighted by Crippen LogP contribution is 2.26. The molecule has 0 aromatic carbocycles. The Hall–Kier alpha value is -1.63. The number of nitrogens with zero attached hydrogens (tertiary/aromatic N) is 2. The van der Waals surface area contributed by atoms with E-state index < -0.39 is 5.97 Å². The van der Waals surface area contributed by atoms with Crippen molar-refractivity contribution in [2.75, 3.05) is 31.1 Å². The first kappa shape index (κ1) is 13.8. The van der Waals surface area contributed by atoms with Gasteiger partial charge in [-0.3, -0.25) is 4.79 Å². The van der Waals surface area contributed by atoms with Crippen molar-refractivity contribution in [3.63, 3.8) is 0 Å². The number of nitrogens with one attached hydrogen (secondary N) is 1. The Labute approximate surface area is 115 Å². The molecule has 0 saturated carbocycles.